The van der Waals surface area contributed by atoms with E-state index in [1.54, 1.807) is 18.2 Å². The molecule has 3 unspecified atom stereocenters. The Morgan fingerprint density at radius 1 is 1.28 bits per heavy atom. The molecule has 0 saturated heterocycles. The van der Waals surface area contributed by atoms with Gasteiger partial charge in [-0.3, -0.25) is 4.79 Å². The van der Waals surface area contributed by atoms with E-state index in [-0.39, 0.29) is 5.91 Å². The van der Waals surface area contributed by atoms with Gasteiger partial charge in [0.15, 0.2) is 0 Å². The normalized spacial score (nSPS) is 27.8. The van der Waals surface area contributed by atoms with Crippen LogP contribution in [0.4, 0.5) is 5.69 Å². The number of anilines is 1. The predicted molar refractivity (Wildman–Crippen MR) is 74.3 cm³/mol. The molecule has 0 aromatic heterocycles. The van der Waals surface area contributed by atoms with Crippen molar-refractivity contribution in [3.63, 3.8) is 0 Å². The van der Waals surface area contributed by atoms with Crippen LogP contribution in [-0.4, -0.2) is 11.9 Å². The first-order valence-electron chi connectivity index (χ1n) is 6.72. The largest absolute Gasteiger partial charge is 0.399 e. The highest BCUT2D eigenvalue weighted by molar-refractivity contribution is 5.95. The van der Waals surface area contributed by atoms with E-state index in [0.29, 0.717) is 23.2 Å². The first kappa shape index (κ1) is 12.9. The zero-order valence-corrected chi connectivity index (χ0v) is 11.1. The smallest absolute Gasteiger partial charge is 0.251 e. The van der Waals surface area contributed by atoms with Crippen LogP contribution in [0.5, 0.6) is 0 Å². The molecular formula is C15H22N2O. The number of benzene rings is 1. The average Bonchev–Trinajstić information content (AvgIpc) is 2.34. The second kappa shape index (κ2) is 5.42. The summed E-state index contributed by atoms with van der Waals surface area (Å²) in [6.45, 7) is 4.56. The molecule has 3 heteroatoms. The fourth-order valence-corrected chi connectivity index (χ4v) is 2.63. The minimum Gasteiger partial charge on any atom is -0.399 e. The Balaban J connectivity index is 1.96. The van der Waals surface area contributed by atoms with Crippen LogP contribution in [0.15, 0.2) is 24.3 Å². The van der Waals surface area contributed by atoms with Gasteiger partial charge in [-0.1, -0.05) is 19.9 Å². The molecule has 1 saturated carbocycles. The Hall–Kier alpha value is -1.51. The van der Waals surface area contributed by atoms with Gasteiger partial charge in [0.25, 0.3) is 5.91 Å². The highest BCUT2D eigenvalue weighted by Crippen LogP contribution is 2.29. The Kier molecular flexibility index (Phi) is 3.90. The van der Waals surface area contributed by atoms with Crippen LogP contribution in [0.1, 0.15) is 43.5 Å². The summed E-state index contributed by atoms with van der Waals surface area (Å²) in [6.07, 6.45) is 3.36. The Labute approximate surface area is 109 Å². The number of nitrogens with two attached hydrogens (primary N) is 1. The molecule has 3 N–H and O–H groups in total. The van der Waals surface area contributed by atoms with E-state index in [4.69, 9.17) is 5.73 Å². The minimum absolute atomic E-state index is 0.00551. The summed E-state index contributed by atoms with van der Waals surface area (Å²) in [4.78, 5) is 12.1. The number of rotatable bonds is 2. The molecule has 0 spiro atoms. The maximum absolute atomic E-state index is 12.1. The zero-order valence-electron chi connectivity index (χ0n) is 11.1. The Bertz CT molecular complexity index is 430. The van der Waals surface area contributed by atoms with Crippen LogP contribution >= 0.6 is 0 Å². The molecule has 1 aromatic carbocycles. The summed E-state index contributed by atoms with van der Waals surface area (Å²) in [5, 5.41) is 3.12. The van der Waals surface area contributed by atoms with Gasteiger partial charge < -0.3 is 11.1 Å². The van der Waals surface area contributed by atoms with Crippen molar-refractivity contribution in [2.24, 2.45) is 11.8 Å². The van der Waals surface area contributed by atoms with E-state index >= 15 is 0 Å². The van der Waals surface area contributed by atoms with Gasteiger partial charge in [0.2, 0.25) is 0 Å². The number of nitrogen functional groups attached to an aromatic ring is 1. The van der Waals surface area contributed by atoms with Gasteiger partial charge >= 0.3 is 0 Å². The molecule has 3 nitrogen and oxygen atoms in total. The van der Waals surface area contributed by atoms with Crippen molar-refractivity contribution in [1.82, 2.24) is 5.32 Å². The quantitative estimate of drug-likeness (QED) is 0.788. The van der Waals surface area contributed by atoms with Gasteiger partial charge in [0.05, 0.1) is 0 Å². The highest BCUT2D eigenvalue weighted by atomic mass is 16.1. The molecule has 1 amide bonds. The van der Waals surface area contributed by atoms with Crippen molar-refractivity contribution in [3.8, 4) is 0 Å². The number of hydrogen-bond acceptors (Lipinski definition) is 2. The molecule has 1 aromatic rings. The Morgan fingerprint density at radius 2 is 2.06 bits per heavy atom. The topological polar surface area (TPSA) is 55.1 Å². The number of amides is 1. The molecule has 98 valence electrons. The van der Waals surface area contributed by atoms with Crippen molar-refractivity contribution in [3.05, 3.63) is 29.8 Å². The van der Waals surface area contributed by atoms with E-state index in [0.717, 1.165) is 18.8 Å². The van der Waals surface area contributed by atoms with Crippen LogP contribution in [0.3, 0.4) is 0 Å². The number of nitrogens with one attached hydrogen (secondary N) is 1. The minimum atomic E-state index is -0.00551. The lowest BCUT2D eigenvalue weighted by atomic mass is 9.79. The van der Waals surface area contributed by atoms with Gasteiger partial charge in [0.1, 0.15) is 0 Å². The molecule has 1 aliphatic rings. The van der Waals surface area contributed by atoms with E-state index in [9.17, 15) is 4.79 Å². The van der Waals surface area contributed by atoms with Gasteiger partial charge in [-0.15, -0.1) is 0 Å². The summed E-state index contributed by atoms with van der Waals surface area (Å²) in [5.41, 5.74) is 6.98. The van der Waals surface area contributed by atoms with Crippen molar-refractivity contribution in [2.45, 2.75) is 39.2 Å². The third-order valence-corrected chi connectivity index (χ3v) is 4.08. The van der Waals surface area contributed by atoms with Crippen LogP contribution in [0, 0.1) is 11.8 Å². The van der Waals surface area contributed by atoms with Crippen LogP contribution in [0.2, 0.25) is 0 Å². The standard InChI is InChI=1S/C15H22N2O/c1-10-6-7-14(8-11(10)2)17-15(18)12-4-3-5-13(16)9-12/h3-5,9-11,14H,6-8,16H2,1-2H3,(H,17,18). The second-order valence-corrected chi connectivity index (χ2v) is 5.56. The van der Waals surface area contributed by atoms with Gasteiger partial charge in [-0.25, -0.2) is 0 Å². The molecule has 18 heavy (non-hydrogen) atoms. The van der Waals surface area contributed by atoms with E-state index in [1.165, 1.54) is 6.42 Å². The van der Waals surface area contributed by atoms with Crippen LogP contribution < -0.4 is 11.1 Å². The first-order chi connectivity index (χ1) is 8.56. The van der Waals surface area contributed by atoms with E-state index < -0.39 is 0 Å². The van der Waals surface area contributed by atoms with E-state index in [1.807, 2.05) is 6.07 Å². The molecule has 2 rings (SSSR count). The van der Waals surface area contributed by atoms with Crippen molar-refractivity contribution in [1.29, 1.82) is 0 Å². The second-order valence-electron chi connectivity index (χ2n) is 5.56. The summed E-state index contributed by atoms with van der Waals surface area (Å²) in [6, 6.07) is 7.45. The fourth-order valence-electron chi connectivity index (χ4n) is 2.63. The lowest BCUT2D eigenvalue weighted by molar-refractivity contribution is 0.0910. The third-order valence-electron chi connectivity index (χ3n) is 4.08. The highest BCUT2D eigenvalue weighted by Gasteiger charge is 2.25. The maximum Gasteiger partial charge on any atom is 0.251 e. The molecular weight excluding hydrogens is 224 g/mol. The lowest BCUT2D eigenvalue weighted by Crippen LogP contribution is -2.39. The van der Waals surface area contributed by atoms with Gasteiger partial charge in [-0.05, 0) is 49.3 Å². The number of hydrogen-bond donors (Lipinski definition) is 2. The summed E-state index contributed by atoms with van der Waals surface area (Å²) in [5.74, 6) is 1.45. The van der Waals surface area contributed by atoms with Crippen molar-refractivity contribution >= 4 is 11.6 Å². The molecule has 3 atom stereocenters. The van der Waals surface area contributed by atoms with Gasteiger partial charge in [-0.2, -0.15) is 0 Å². The molecule has 0 radical (unpaired) electrons. The summed E-state index contributed by atoms with van der Waals surface area (Å²) >= 11 is 0. The molecule has 1 aliphatic carbocycles. The monoisotopic (exact) mass is 246 g/mol. The maximum atomic E-state index is 12.1. The summed E-state index contributed by atoms with van der Waals surface area (Å²) in [7, 11) is 0. The third kappa shape index (κ3) is 3.03. The first-order valence-corrected chi connectivity index (χ1v) is 6.72. The molecule has 1 fully saturated rings. The molecule has 0 heterocycles. The summed E-state index contributed by atoms with van der Waals surface area (Å²) < 4.78 is 0. The number of carbonyl (C=O) groups excluding carboxylic acids is 1. The SMILES string of the molecule is CC1CCC(NC(=O)c2cccc(N)c2)CC1C. The van der Waals surface area contributed by atoms with Crippen molar-refractivity contribution < 1.29 is 4.79 Å². The van der Waals surface area contributed by atoms with Gasteiger partial charge in [0, 0.05) is 17.3 Å². The molecule has 0 bridgehead atoms. The van der Waals surface area contributed by atoms with Crippen LogP contribution in [-0.2, 0) is 0 Å². The lowest BCUT2D eigenvalue weighted by Gasteiger charge is -2.32. The van der Waals surface area contributed by atoms with Crippen molar-refractivity contribution in [2.75, 3.05) is 5.73 Å². The van der Waals surface area contributed by atoms with Crippen LogP contribution in [0.25, 0.3) is 0 Å². The predicted octanol–water partition coefficient (Wildman–Crippen LogP) is 2.82. The zero-order chi connectivity index (χ0) is 13.1. The fraction of sp³-hybridized carbons (Fsp3) is 0.533. The average molecular weight is 246 g/mol. The Morgan fingerprint density at radius 3 is 2.72 bits per heavy atom. The molecule has 0 aliphatic heterocycles. The number of carbonyl (C=O) groups is 1. The van der Waals surface area contributed by atoms with E-state index in [2.05, 4.69) is 19.2 Å².